The molecule has 1 aliphatic heterocycles. The first-order valence-electron chi connectivity index (χ1n) is 10.0. The number of para-hydroxylation sites is 2. The summed E-state index contributed by atoms with van der Waals surface area (Å²) in [6, 6.07) is 16.7. The number of esters is 1. The summed E-state index contributed by atoms with van der Waals surface area (Å²) < 4.78 is 10.6. The molecule has 0 fully saturated rings. The average molecular weight is 452 g/mol. The van der Waals surface area contributed by atoms with Crippen molar-refractivity contribution in [3.63, 3.8) is 0 Å². The molecule has 1 aliphatic rings. The third kappa shape index (κ3) is 4.94. The van der Waals surface area contributed by atoms with Crippen molar-refractivity contribution in [2.75, 3.05) is 23.4 Å². The Hall–Kier alpha value is -3.72. The maximum Gasteiger partial charge on any atom is 0.308 e. The summed E-state index contributed by atoms with van der Waals surface area (Å²) in [5, 5.41) is 4.94. The van der Waals surface area contributed by atoms with E-state index in [9.17, 15) is 14.4 Å². The van der Waals surface area contributed by atoms with Crippen LogP contribution >= 0.6 is 11.3 Å². The van der Waals surface area contributed by atoms with Crippen molar-refractivity contribution in [2.45, 2.75) is 19.4 Å². The van der Waals surface area contributed by atoms with Gasteiger partial charge in [0.15, 0.2) is 17.8 Å². The van der Waals surface area contributed by atoms with E-state index < -0.39 is 18.0 Å². The number of carbonyl (C=O) groups excluding carboxylic acids is 3. The van der Waals surface area contributed by atoms with E-state index in [-0.39, 0.29) is 25.5 Å². The molecule has 0 saturated heterocycles. The molecule has 164 valence electrons. The van der Waals surface area contributed by atoms with Crippen LogP contribution in [0.1, 0.15) is 13.3 Å². The number of nitrogens with one attached hydrogen (secondary N) is 1. The molecule has 4 rings (SSSR count). The normalized spacial score (nSPS) is 13.7. The second kappa shape index (κ2) is 9.61. The summed E-state index contributed by atoms with van der Waals surface area (Å²) in [6.07, 6.45) is -1.05. The van der Waals surface area contributed by atoms with Gasteiger partial charge in [-0.05, 0) is 19.1 Å². The molecule has 0 unspecified atom stereocenters. The molecule has 0 spiro atoms. The standard InChI is InChI=1S/C23H21N3O5S/c1-15(22(29)25-23-24-17(14-32-23)16-7-3-2-4-8-16)31-21(28)11-12-26-18-9-5-6-10-19(18)30-13-20(26)27/h2-10,14-15H,11-13H2,1H3,(H,24,25,29)/t15-/m1/s1. The van der Waals surface area contributed by atoms with Gasteiger partial charge in [0.2, 0.25) is 0 Å². The zero-order valence-electron chi connectivity index (χ0n) is 17.3. The third-order valence-electron chi connectivity index (χ3n) is 4.83. The lowest BCUT2D eigenvalue weighted by Gasteiger charge is -2.29. The van der Waals surface area contributed by atoms with E-state index in [0.29, 0.717) is 16.6 Å². The molecule has 2 amide bonds. The van der Waals surface area contributed by atoms with Crippen LogP contribution < -0.4 is 15.0 Å². The molecule has 0 radical (unpaired) electrons. The Bertz CT molecular complexity index is 1130. The van der Waals surface area contributed by atoms with Gasteiger partial charge in [-0.15, -0.1) is 11.3 Å². The summed E-state index contributed by atoms with van der Waals surface area (Å²) in [7, 11) is 0. The number of ether oxygens (including phenoxy) is 2. The molecule has 1 aromatic heterocycles. The number of thiazole rings is 1. The van der Waals surface area contributed by atoms with Gasteiger partial charge in [0.05, 0.1) is 17.8 Å². The predicted molar refractivity (Wildman–Crippen MR) is 121 cm³/mol. The fourth-order valence-corrected chi connectivity index (χ4v) is 3.91. The van der Waals surface area contributed by atoms with Crippen LogP contribution in [-0.4, -0.2) is 42.0 Å². The molecule has 1 atom stereocenters. The van der Waals surface area contributed by atoms with Gasteiger partial charge in [0, 0.05) is 17.5 Å². The highest BCUT2D eigenvalue weighted by Crippen LogP contribution is 2.31. The van der Waals surface area contributed by atoms with E-state index in [1.807, 2.05) is 41.8 Å². The van der Waals surface area contributed by atoms with Crippen molar-refractivity contribution >= 4 is 39.9 Å². The van der Waals surface area contributed by atoms with Crippen LogP contribution in [-0.2, 0) is 19.1 Å². The first-order chi connectivity index (χ1) is 15.5. The first kappa shape index (κ1) is 21.5. The van der Waals surface area contributed by atoms with Crippen LogP contribution in [0.25, 0.3) is 11.3 Å². The monoisotopic (exact) mass is 451 g/mol. The topological polar surface area (TPSA) is 97.8 Å². The fourth-order valence-electron chi connectivity index (χ4n) is 3.19. The lowest BCUT2D eigenvalue weighted by Crippen LogP contribution is -2.40. The third-order valence-corrected chi connectivity index (χ3v) is 5.59. The molecule has 0 aliphatic carbocycles. The molecule has 2 aromatic carbocycles. The number of amides is 2. The van der Waals surface area contributed by atoms with E-state index >= 15 is 0 Å². The molecule has 0 bridgehead atoms. The Morgan fingerprint density at radius 1 is 1.19 bits per heavy atom. The Morgan fingerprint density at radius 3 is 2.75 bits per heavy atom. The first-order valence-corrected chi connectivity index (χ1v) is 10.9. The van der Waals surface area contributed by atoms with Gasteiger partial charge in [-0.25, -0.2) is 4.98 Å². The van der Waals surface area contributed by atoms with Crippen LogP contribution in [0.4, 0.5) is 10.8 Å². The molecule has 9 heteroatoms. The van der Waals surface area contributed by atoms with Gasteiger partial charge in [-0.3, -0.25) is 19.7 Å². The fraction of sp³-hybridized carbons (Fsp3) is 0.217. The highest BCUT2D eigenvalue weighted by molar-refractivity contribution is 7.14. The van der Waals surface area contributed by atoms with E-state index in [1.165, 1.54) is 23.2 Å². The number of aromatic nitrogens is 1. The maximum atomic E-state index is 12.4. The van der Waals surface area contributed by atoms with Crippen molar-refractivity contribution in [3.8, 4) is 17.0 Å². The van der Waals surface area contributed by atoms with Crippen molar-refractivity contribution in [1.82, 2.24) is 4.98 Å². The molecule has 2 heterocycles. The van der Waals surface area contributed by atoms with E-state index in [4.69, 9.17) is 9.47 Å². The summed E-state index contributed by atoms with van der Waals surface area (Å²) in [6.45, 7) is 1.55. The zero-order valence-corrected chi connectivity index (χ0v) is 18.1. The molecule has 32 heavy (non-hydrogen) atoms. The van der Waals surface area contributed by atoms with Crippen LogP contribution in [0.5, 0.6) is 5.75 Å². The van der Waals surface area contributed by atoms with E-state index in [2.05, 4.69) is 10.3 Å². The van der Waals surface area contributed by atoms with Crippen LogP contribution in [0.15, 0.2) is 60.0 Å². The molecule has 3 aromatic rings. The second-order valence-electron chi connectivity index (χ2n) is 7.08. The lowest BCUT2D eigenvalue weighted by atomic mass is 10.2. The Balaban J connectivity index is 1.29. The minimum Gasteiger partial charge on any atom is -0.482 e. The molecular formula is C23H21N3O5S. The van der Waals surface area contributed by atoms with Crippen LogP contribution in [0, 0.1) is 0 Å². The Morgan fingerprint density at radius 2 is 1.94 bits per heavy atom. The average Bonchev–Trinajstić information content (AvgIpc) is 3.27. The molecule has 1 N–H and O–H groups in total. The van der Waals surface area contributed by atoms with Crippen LogP contribution in [0.2, 0.25) is 0 Å². The largest absolute Gasteiger partial charge is 0.482 e. The smallest absolute Gasteiger partial charge is 0.308 e. The maximum absolute atomic E-state index is 12.4. The van der Waals surface area contributed by atoms with Gasteiger partial charge in [0.1, 0.15) is 5.75 Å². The summed E-state index contributed by atoms with van der Waals surface area (Å²) >= 11 is 1.29. The summed E-state index contributed by atoms with van der Waals surface area (Å²) in [5.41, 5.74) is 2.31. The van der Waals surface area contributed by atoms with E-state index in [0.717, 1.165) is 11.3 Å². The number of hydrogen-bond acceptors (Lipinski definition) is 7. The highest BCUT2D eigenvalue weighted by atomic mass is 32.1. The number of carbonyl (C=O) groups is 3. The lowest BCUT2D eigenvalue weighted by molar-refractivity contribution is -0.153. The number of anilines is 2. The summed E-state index contributed by atoms with van der Waals surface area (Å²) in [4.78, 5) is 42.8. The van der Waals surface area contributed by atoms with Gasteiger partial charge in [-0.1, -0.05) is 42.5 Å². The predicted octanol–water partition coefficient (Wildman–Crippen LogP) is 3.50. The van der Waals surface area contributed by atoms with Gasteiger partial charge in [-0.2, -0.15) is 0 Å². The Kier molecular flexibility index (Phi) is 6.46. The molecule has 0 saturated carbocycles. The second-order valence-corrected chi connectivity index (χ2v) is 7.94. The zero-order chi connectivity index (χ0) is 22.5. The SMILES string of the molecule is C[C@@H](OC(=O)CCN1C(=O)COc2ccccc21)C(=O)Nc1nc(-c2ccccc2)cs1. The van der Waals surface area contributed by atoms with Crippen molar-refractivity contribution < 1.29 is 23.9 Å². The number of benzene rings is 2. The number of fused-ring (bicyclic) bond motifs is 1. The molecular weight excluding hydrogens is 430 g/mol. The summed E-state index contributed by atoms with van der Waals surface area (Å²) in [5.74, 6) is -0.694. The van der Waals surface area contributed by atoms with Crippen molar-refractivity contribution in [1.29, 1.82) is 0 Å². The highest BCUT2D eigenvalue weighted by Gasteiger charge is 2.26. The Labute approximate surface area is 188 Å². The quantitative estimate of drug-likeness (QED) is 0.552. The van der Waals surface area contributed by atoms with Crippen molar-refractivity contribution in [2.24, 2.45) is 0 Å². The number of hydrogen-bond donors (Lipinski definition) is 1. The number of rotatable bonds is 7. The van der Waals surface area contributed by atoms with Crippen LogP contribution in [0.3, 0.4) is 0 Å². The van der Waals surface area contributed by atoms with Gasteiger partial charge < -0.3 is 14.4 Å². The minimum absolute atomic E-state index is 0.0485. The van der Waals surface area contributed by atoms with E-state index in [1.54, 1.807) is 18.2 Å². The van der Waals surface area contributed by atoms with Gasteiger partial charge >= 0.3 is 5.97 Å². The van der Waals surface area contributed by atoms with Gasteiger partial charge in [0.25, 0.3) is 11.8 Å². The van der Waals surface area contributed by atoms with Crippen molar-refractivity contribution in [3.05, 3.63) is 60.0 Å². The molecule has 8 nitrogen and oxygen atoms in total. The minimum atomic E-state index is -1.00. The number of nitrogens with zero attached hydrogens (tertiary/aromatic N) is 2.